The van der Waals surface area contributed by atoms with Gasteiger partial charge in [-0.3, -0.25) is 19.7 Å². The highest BCUT2D eigenvalue weighted by Crippen LogP contribution is 2.27. The summed E-state index contributed by atoms with van der Waals surface area (Å²) in [5.41, 5.74) is -0.152. The number of carbonyl (C=O) groups excluding carboxylic acids is 2. The molecule has 1 amide bonds. The SMILES string of the molecule is CCOC(=O)C[C@@H](c1ccc([N+](=O)[O-])cc1)[C@H](NC(=O)Cc1ccc(F)cc1F)C(=O)O. The van der Waals surface area contributed by atoms with Crippen LogP contribution in [0, 0.1) is 21.7 Å². The van der Waals surface area contributed by atoms with Crippen LogP contribution in [-0.4, -0.2) is 40.5 Å². The third-order valence-corrected chi connectivity index (χ3v) is 4.57. The average Bonchev–Trinajstić information content (AvgIpc) is 2.72. The Bertz CT molecular complexity index is 1010. The maximum Gasteiger partial charge on any atom is 0.326 e. The van der Waals surface area contributed by atoms with Crippen LogP contribution in [0.2, 0.25) is 0 Å². The zero-order valence-electron chi connectivity index (χ0n) is 16.9. The fourth-order valence-corrected chi connectivity index (χ4v) is 3.07. The fourth-order valence-electron chi connectivity index (χ4n) is 3.07. The van der Waals surface area contributed by atoms with Gasteiger partial charge in [-0.1, -0.05) is 18.2 Å². The summed E-state index contributed by atoms with van der Waals surface area (Å²) in [6.07, 6.45) is -1.00. The summed E-state index contributed by atoms with van der Waals surface area (Å²) in [6.45, 7) is 1.60. The van der Waals surface area contributed by atoms with E-state index in [1.165, 1.54) is 12.1 Å². The number of carboxylic acids is 1. The minimum atomic E-state index is -1.63. The lowest BCUT2D eigenvalue weighted by Gasteiger charge is -2.25. The number of rotatable bonds is 10. The molecule has 11 heteroatoms. The van der Waals surface area contributed by atoms with E-state index in [-0.39, 0.29) is 23.4 Å². The molecule has 0 heterocycles. The van der Waals surface area contributed by atoms with Crippen LogP contribution in [0.5, 0.6) is 0 Å². The molecule has 2 N–H and O–H groups in total. The number of ether oxygens (including phenoxy) is 1. The Hall–Kier alpha value is -3.89. The average molecular weight is 450 g/mol. The van der Waals surface area contributed by atoms with Crippen molar-refractivity contribution in [3.63, 3.8) is 0 Å². The van der Waals surface area contributed by atoms with E-state index in [4.69, 9.17) is 4.74 Å². The quantitative estimate of drug-likeness (QED) is 0.323. The van der Waals surface area contributed by atoms with Gasteiger partial charge in [-0.15, -0.1) is 0 Å². The molecule has 2 rings (SSSR count). The number of halogens is 2. The standard InChI is InChI=1S/C21H20F2N2O7/c1-2-32-19(27)11-16(12-4-7-15(8-5-12)25(30)31)20(21(28)29)24-18(26)9-13-3-6-14(22)10-17(13)23/h3-8,10,16,20H,2,9,11H2,1H3,(H,24,26)(H,28,29)/t16-,20-/m0/s1. The molecule has 2 aromatic carbocycles. The number of non-ortho nitro benzene ring substituents is 1. The Morgan fingerprint density at radius 3 is 2.34 bits per heavy atom. The molecule has 0 aliphatic rings. The predicted octanol–water partition coefficient (Wildman–Crippen LogP) is 2.72. The molecule has 0 unspecified atom stereocenters. The first kappa shape index (κ1) is 24.4. The summed E-state index contributed by atoms with van der Waals surface area (Å²) < 4.78 is 31.8. The van der Waals surface area contributed by atoms with Crippen LogP contribution in [0.1, 0.15) is 30.4 Å². The van der Waals surface area contributed by atoms with Crippen LogP contribution < -0.4 is 5.32 Å². The largest absolute Gasteiger partial charge is 0.480 e. The molecule has 0 fully saturated rings. The predicted molar refractivity (Wildman–Crippen MR) is 107 cm³/mol. The number of nitrogens with one attached hydrogen (secondary N) is 1. The van der Waals surface area contributed by atoms with Gasteiger partial charge < -0.3 is 15.2 Å². The molecule has 0 aliphatic heterocycles. The normalized spacial score (nSPS) is 12.5. The number of esters is 1. The number of amides is 1. The lowest BCUT2D eigenvalue weighted by molar-refractivity contribution is -0.384. The zero-order chi connectivity index (χ0) is 23.8. The van der Waals surface area contributed by atoms with E-state index >= 15 is 0 Å². The van der Waals surface area contributed by atoms with Gasteiger partial charge in [0, 0.05) is 24.1 Å². The van der Waals surface area contributed by atoms with Crippen molar-refractivity contribution in [2.45, 2.75) is 31.7 Å². The summed E-state index contributed by atoms with van der Waals surface area (Å²) in [5, 5.41) is 22.8. The van der Waals surface area contributed by atoms with E-state index in [0.29, 0.717) is 6.07 Å². The number of nitro benzene ring substituents is 1. The second-order valence-corrected chi connectivity index (χ2v) is 6.76. The van der Waals surface area contributed by atoms with Crippen molar-refractivity contribution >= 4 is 23.5 Å². The number of aliphatic carboxylic acids is 1. The van der Waals surface area contributed by atoms with E-state index < -0.39 is 59.2 Å². The molecule has 0 saturated heterocycles. The Morgan fingerprint density at radius 2 is 1.81 bits per heavy atom. The van der Waals surface area contributed by atoms with Crippen LogP contribution in [0.3, 0.4) is 0 Å². The highest BCUT2D eigenvalue weighted by Gasteiger charge is 2.33. The number of carbonyl (C=O) groups is 3. The maximum absolute atomic E-state index is 13.8. The van der Waals surface area contributed by atoms with Gasteiger partial charge in [0.2, 0.25) is 5.91 Å². The highest BCUT2D eigenvalue weighted by molar-refractivity contribution is 5.86. The smallest absolute Gasteiger partial charge is 0.326 e. The van der Waals surface area contributed by atoms with Crippen molar-refractivity contribution in [1.29, 1.82) is 0 Å². The van der Waals surface area contributed by atoms with Gasteiger partial charge in [0.25, 0.3) is 5.69 Å². The van der Waals surface area contributed by atoms with Gasteiger partial charge in [0.1, 0.15) is 17.7 Å². The number of benzene rings is 2. The van der Waals surface area contributed by atoms with E-state index in [9.17, 15) is 38.4 Å². The number of hydrogen-bond donors (Lipinski definition) is 2. The van der Waals surface area contributed by atoms with Gasteiger partial charge in [-0.05, 0) is 24.1 Å². The summed E-state index contributed by atoms with van der Waals surface area (Å²) in [4.78, 5) is 46.6. The number of carboxylic acid groups (broad SMARTS) is 1. The topological polar surface area (TPSA) is 136 Å². The number of hydrogen-bond acceptors (Lipinski definition) is 6. The molecule has 0 aliphatic carbocycles. The second-order valence-electron chi connectivity index (χ2n) is 6.76. The van der Waals surface area contributed by atoms with Crippen molar-refractivity contribution in [2.75, 3.05) is 6.61 Å². The van der Waals surface area contributed by atoms with E-state index in [1.807, 2.05) is 0 Å². The van der Waals surface area contributed by atoms with Crippen LogP contribution in [0.25, 0.3) is 0 Å². The fraction of sp³-hybridized carbons (Fsp3) is 0.286. The maximum atomic E-state index is 13.8. The van der Waals surface area contributed by atoms with Crippen molar-refractivity contribution in [3.8, 4) is 0 Å². The molecule has 0 saturated carbocycles. The first-order valence-electron chi connectivity index (χ1n) is 9.48. The lowest BCUT2D eigenvalue weighted by Crippen LogP contribution is -2.46. The van der Waals surface area contributed by atoms with E-state index in [1.54, 1.807) is 6.92 Å². The first-order chi connectivity index (χ1) is 15.1. The summed E-state index contributed by atoms with van der Waals surface area (Å²) in [6, 6.07) is 5.83. The Balaban J connectivity index is 2.31. The van der Waals surface area contributed by atoms with Gasteiger partial charge in [0.05, 0.1) is 24.4 Å². The minimum Gasteiger partial charge on any atom is -0.480 e. The third-order valence-electron chi connectivity index (χ3n) is 4.57. The zero-order valence-corrected chi connectivity index (χ0v) is 16.9. The molecule has 0 bridgehead atoms. The van der Waals surface area contributed by atoms with Gasteiger partial charge in [-0.2, -0.15) is 0 Å². The number of nitrogens with zero attached hydrogens (tertiary/aromatic N) is 1. The van der Waals surface area contributed by atoms with Crippen molar-refractivity contribution < 1.29 is 37.9 Å². The van der Waals surface area contributed by atoms with Crippen LogP contribution in [-0.2, 0) is 25.5 Å². The highest BCUT2D eigenvalue weighted by atomic mass is 19.1. The third kappa shape index (κ3) is 6.56. The molecular weight excluding hydrogens is 430 g/mol. The van der Waals surface area contributed by atoms with Gasteiger partial charge >= 0.3 is 11.9 Å². The minimum absolute atomic E-state index is 0.0414. The van der Waals surface area contributed by atoms with Crippen LogP contribution in [0.15, 0.2) is 42.5 Å². The Kier molecular flexibility index (Phi) is 8.33. The van der Waals surface area contributed by atoms with Crippen molar-refractivity contribution in [3.05, 3.63) is 75.3 Å². The summed E-state index contributed by atoms with van der Waals surface area (Å²) in [5.74, 6) is -6.02. The van der Waals surface area contributed by atoms with Crippen molar-refractivity contribution in [2.24, 2.45) is 0 Å². The Labute approximate surface area is 181 Å². The molecule has 32 heavy (non-hydrogen) atoms. The monoisotopic (exact) mass is 450 g/mol. The number of nitro groups is 1. The van der Waals surface area contributed by atoms with Crippen LogP contribution >= 0.6 is 0 Å². The van der Waals surface area contributed by atoms with E-state index in [0.717, 1.165) is 24.3 Å². The molecule has 2 aromatic rings. The molecule has 170 valence electrons. The van der Waals surface area contributed by atoms with E-state index in [2.05, 4.69) is 5.32 Å². The second kappa shape index (κ2) is 10.9. The molecule has 0 radical (unpaired) electrons. The molecule has 9 nitrogen and oxygen atoms in total. The Morgan fingerprint density at radius 1 is 1.16 bits per heavy atom. The molecular formula is C21H20F2N2O7. The van der Waals surface area contributed by atoms with Crippen LogP contribution in [0.4, 0.5) is 14.5 Å². The molecule has 0 aromatic heterocycles. The van der Waals surface area contributed by atoms with Gasteiger partial charge in [0.15, 0.2) is 0 Å². The molecule has 2 atom stereocenters. The molecule has 0 spiro atoms. The summed E-state index contributed by atoms with van der Waals surface area (Å²) in [7, 11) is 0. The first-order valence-corrected chi connectivity index (χ1v) is 9.48. The summed E-state index contributed by atoms with van der Waals surface area (Å²) >= 11 is 0. The van der Waals surface area contributed by atoms with Gasteiger partial charge in [-0.25, -0.2) is 13.6 Å². The van der Waals surface area contributed by atoms with Crippen molar-refractivity contribution in [1.82, 2.24) is 5.32 Å². The lowest BCUT2D eigenvalue weighted by atomic mass is 9.88.